The topological polar surface area (TPSA) is 80.0 Å². The summed E-state index contributed by atoms with van der Waals surface area (Å²) in [4.78, 5) is 25.8. The monoisotopic (exact) mass is 445 g/mol. The van der Waals surface area contributed by atoms with Crippen LogP contribution in [0.3, 0.4) is 0 Å². The predicted octanol–water partition coefficient (Wildman–Crippen LogP) is 5.55. The highest BCUT2D eigenvalue weighted by Gasteiger charge is 2.33. The number of amides is 1. The smallest absolute Gasteiger partial charge is 0.327 e. The minimum absolute atomic E-state index is 0.0112. The molecular formula is C27H27NO5. The minimum Gasteiger partial charge on any atom is -0.493 e. The summed E-state index contributed by atoms with van der Waals surface area (Å²) in [6.45, 7) is 0.963. The van der Waals surface area contributed by atoms with Crippen molar-refractivity contribution in [2.24, 2.45) is 0 Å². The molecule has 0 saturated heterocycles. The number of para-hydroxylation sites is 1. The van der Waals surface area contributed by atoms with Crippen LogP contribution in [0.1, 0.15) is 41.6 Å². The van der Waals surface area contributed by atoms with Gasteiger partial charge in [-0.3, -0.25) is 4.79 Å². The Balaban J connectivity index is 1.41. The molecule has 6 heteroatoms. The molecule has 1 aliphatic rings. The van der Waals surface area contributed by atoms with Gasteiger partial charge in [0.15, 0.2) is 0 Å². The van der Waals surface area contributed by atoms with E-state index in [4.69, 9.17) is 14.3 Å². The lowest BCUT2D eigenvalue weighted by molar-refractivity contribution is -0.131. The van der Waals surface area contributed by atoms with E-state index in [9.17, 15) is 9.59 Å². The zero-order valence-corrected chi connectivity index (χ0v) is 18.4. The van der Waals surface area contributed by atoms with Gasteiger partial charge in [0.25, 0.3) is 5.91 Å². The highest BCUT2D eigenvalue weighted by molar-refractivity contribution is 5.95. The molecule has 1 saturated carbocycles. The van der Waals surface area contributed by atoms with Gasteiger partial charge in [-0.1, -0.05) is 36.4 Å². The highest BCUT2D eigenvalue weighted by Crippen LogP contribution is 2.32. The summed E-state index contributed by atoms with van der Waals surface area (Å²) >= 11 is 0. The molecule has 0 bridgehead atoms. The molecule has 1 heterocycles. The molecule has 1 amide bonds. The van der Waals surface area contributed by atoms with Crippen molar-refractivity contribution >= 4 is 11.9 Å². The quantitative estimate of drug-likeness (QED) is 0.309. The number of aliphatic carboxylic acids is 1. The Labute approximate surface area is 193 Å². The van der Waals surface area contributed by atoms with E-state index >= 15 is 0 Å². The molecular weight excluding hydrogens is 418 g/mol. The van der Waals surface area contributed by atoms with Crippen molar-refractivity contribution in [3.05, 3.63) is 90.2 Å². The molecule has 4 rings (SSSR count). The van der Waals surface area contributed by atoms with Crippen LogP contribution in [-0.2, 0) is 11.3 Å². The van der Waals surface area contributed by atoms with Gasteiger partial charge in [0, 0.05) is 35.4 Å². The van der Waals surface area contributed by atoms with Crippen LogP contribution in [0, 0.1) is 0 Å². The van der Waals surface area contributed by atoms with Gasteiger partial charge >= 0.3 is 5.97 Å². The number of unbranched alkanes of at least 4 members (excludes halogenated alkanes) is 1. The molecule has 1 N–H and O–H groups in total. The van der Waals surface area contributed by atoms with Gasteiger partial charge in [-0.25, -0.2) is 4.79 Å². The van der Waals surface area contributed by atoms with E-state index in [1.807, 2.05) is 65.6 Å². The van der Waals surface area contributed by atoms with Crippen LogP contribution in [0.5, 0.6) is 5.75 Å². The first kappa shape index (κ1) is 22.4. The van der Waals surface area contributed by atoms with Crippen molar-refractivity contribution in [2.75, 3.05) is 6.61 Å². The molecule has 2 aromatic carbocycles. The van der Waals surface area contributed by atoms with Gasteiger partial charge in [0.1, 0.15) is 11.5 Å². The van der Waals surface area contributed by atoms with E-state index in [2.05, 4.69) is 0 Å². The lowest BCUT2D eigenvalue weighted by Gasteiger charge is -2.24. The fraction of sp³-hybridized carbons (Fsp3) is 0.259. The highest BCUT2D eigenvalue weighted by atomic mass is 16.5. The maximum Gasteiger partial charge on any atom is 0.327 e. The summed E-state index contributed by atoms with van der Waals surface area (Å²) in [5.41, 5.74) is 2.55. The van der Waals surface area contributed by atoms with Crippen LogP contribution in [0.4, 0.5) is 0 Å². The van der Waals surface area contributed by atoms with E-state index in [-0.39, 0.29) is 11.9 Å². The van der Waals surface area contributed by atoms with E-state index < -0.39 is 5.97 Å². The maximum atomic E-state index is 13.3. The summed E-state index contributed by atoms with van der Waals surface area (Å²) in [6.07, 6.45) is 7.77. The Kier molecular flexibility index (Phi) is 7.25. The third kappa shape index (κ3) is 6.13. The van der Waals surface area contributed by atoms with Crippen LogP contribution >= 0.6 is 0 Å². The largest absolute Gasteiger partial charge is 0.493 e. The molecule has 6 nitrogen and oxygen atoms in total. The number of carboxylic acids is 1. The van der Waals surface area contributed by atoms with Crippen molar-refractivity contribution in [2.45, 2.75) is 38.3 Å². The standard InChI is InChI=1S/C27H27NO5/c29-26(30)10-2-1-5-17-32-25-8-4-3-7-22(25)19-28(23-15-16-23)27(31)21-13-11-20(12-14-21)24-9-6-18-33-24/h2-4,6-14,18,23H,1,5,15-17,19H2,(H,29,30)/b10-2-. The van der Waals surface area contributed by atoms with Gasteiger partial charge in [0.05, 0.1) is 12.9 Å². The van der Waals surface area contributed by atoms with E-state index in [0.717, 1.165) is 41.6 Å². The number of ether oxygens (including phenoxy) is 1. The number of carbonyl (C=O) groups excluding carboxylic acids is 1. The van der Waals surface area contributed by atoms with Gasteiger partial charge in [-0.05, 0) is 56.0 Å². The fourth-order valence-electron chi connectivity index (χ4n) is 3.66. The molecule has 0 radical (unpaired) electrons. The summed E-state index contributed by atoms with van der Waals surface area (Å²) in [7, 11) is 0. The average molecular weight is 446 g/mol. The average Bonchev–Trinajstić information content (AvgIpc) is 3.52. The first-order valence-electron chi connectivity index (χ1n) is 11.2. The summed E-state index contributed by atoms with van der Waals surface area (Å²) < 4.78 is 11.4. The van der Waals surface area contributed by atoms with Crippen molar-refractivity contribution in [3.63, 3.8) is 0 Å². The lowest BCUT2D eigenvalue weighted by atomic mass is 10.1. The normalized spacial score (nSPS) is 13.2. The third-order valence-corrected chi connectivity index (χ3v) is 5.53. The van der Waals surface area contributed by atoms with Crippen LogP contribution in [0.25, 0.3) is 11.3 Å². The van der Waals surface area contributed by atoms with Crippen LogP contribution in [0.2, 0.25) is 0 Å². The third-order valence-electron chi connectivity index (χ3n) is 5.53. The number of rotatable bonds is 11. The molecule has 0 aliphatic heterocycles. The van der Waals surface area contributed by atoms with Crippen molar-refractivity contribution in [1.29, 1.82) is 0 Å². The molecule has 1 fully saturated rings. The number of benzene rings is 2. The molecule has 0 unspecified atom stereocenters. The molecule has 0 atom stereocenters. The Morgan fingerprint density at radius 1 is 1.06 bits per heavy atom. The fourth-order valence-corrected chi connectivity index (χ4v) is 3.66. The van der Waals surface area contributed by atoms with Gasteiger partial charge in [-0.15, -0.1) is 0 Å². The number of hydrogen-bond donors (Lipinski definition) is 1. The zero-order chi connectivity index (χ0) is 23.0. The molecule has 1 aliphatic carbocycles. The van der Waals surface area contributed by atoms with Gasteiger partial charge in [0.2, 0.25) is 0 Å². The second kappa shape index (κ2) is 10.7. The van der Waals surface area contributed by atoms with Gasteiger partial charge < -0.3 is 19.2 Å². The number of nitrogens with zero attached hydrogens (tertiary/aromatic N) is 1. The minimum atomic E-state index is -0.943. The Hall–Kier alpha value is -3.80. The molecule has 33 heavy (non-hydrogen) atoms. The van der Waals surface area contributed by atoms with Crippen molar-refractivity contribution < 1.29 is 23.8 Å². The summed E-state index contributed by atoms with van der Waals surface area (Å²) in [5.74, 6) is 0.600. The van der Waals surface area contributed by atoms with Crippen LogP contribution in [-0.4, -0.2) is 34.5 Å². The van der Waals surface area contributed by atoms with E-state index in [1.165, 1.54) is 0 Å². The number of carbonyl (C=O) groups is 2. The maximum absolute atomic E-state index is 13.3. The molecule has 0 spiro atoms. The zero-order valence-electron chi connectivity index (χ0n) is 18.4. The lowest BCUT2D eigenvalue weighted by Crippen LogP contribution is -2.32. The van der Waals surface area contributed by atoms with E-state index in [0.29, 0.717) is 31.6 Å². The Morgan fingerprint density at radius 3 is 2.55 bits per heavy atom. The van der Waals surface area contributed by atoms with Crippen LogP contribution in [0.15, 0.2) is 83.5 Å². The van der Waals surface area contributed by atoms with Crippen molar-refractivity contribution in [1.82, 2.24) is 4.90 Å². The summed E-state index contributed by atoms with van der Waals surface area (Å²) in [5, 5.41) is 8.65. The molecule has 170 valence electrons. The van der Waals surface area contributed by atoms with E-state index in [1.54, 1.807) is 12.3 Å². The van der Waals surface area contributed by atoms with Crippen LogP contribution < -0.4 is 4.74 Å². The second-order valence-corrected chi connectivity index (χ2v) is 8.06. The number of furan rings is 1. The molecule has 1 aromatic heterocycles. The molecule has 3 aromatic rings. The number of carboxylic acid groups (broad SMARTS) is 1. The van der Waals surface area contributed by atoms with Gasteiger partial charge in [-0.2, -0.15) is 0 Å². The first-order valence-corrected chi connectivity index (χ1v) is 11.2. The number of hydrogen-bond acceptors (Lipinski definition) is 4. The SMILES string of the molecule is O=C(O)/C=C\CCCOc1ccccc1CN(C(=O)c1ccc(-c2ccco2)cc1)C1CC1. The number of allylic oxidation sites excluding steroid dienone is 1. The second-order valence-electron chi connectivity index (χ2n) is 8.06. The predicted molar refractivity (Wildman–Crippen MR) is 125 cm³/mol. The van der Waals surface area contributed by atoms with Crippen molar-refractivity contribution in [3.8, 4) is 17.1 Å². The first-order chi connectivity index (χ1) is 16.1. The summed E-state index contributed by atoms with van der Waals surface area (Å²) in [6, 6.07) is 19.3. The Bertz CT molecular complexity index is 1100. The Morgan fingerprint density at radius 2 is 1.85 bits per heavy atom.